The average Bonchev–Trinajstić information content (AvgIpc) is 2.13. The van der Waals surface area contributed by atoms with Crippen molar-refractivity contribution in [3.05, 3.63) is 0 Å². The second kappa shape index (κ2) is 7.62. The lowest BCUT2D eigenvalue weighted by atomic mass is 10.3. The van der Waals surface area contributed by atoms with Crippen LogP contribution >= 0.6 is 0 Å². The van der Waals surface area contributed by atoms with Crippen molar-refractivity contribution in [2.75, 3.05) is 27.2 Å². The Morgan fingerprint density at radius 3 is 2.29 bits per heavy atom. The summed E-state index contributed by atoms with van der Waals surface area (Å²) in [5.41, 5.74) is 0. The zero-order chi connectivity index (χ0) is 11.0. The molecule has 0 rings (SSSR count). The molecule has 4 nitrogen and oxygen atoms in total. The van der Waals surface area contributed by atoms with E-state index in [2.05, 4.69) is 19.2 Å². The van der Waals surface area contributed by atoms with Crippen LogP contribution in [-0.2, 0) is 0 Å². The lowest BCUT2D eigenvalue weighted by Crippen LogP contribution is -2.45. The summed E-state index contributed by atoms with van der Waals surface area (Å²) in [7, 11) is 3.73. The molecule has 83 valence electrons. The summed E-state index contributed by atoms with van der Waals surface area (Å²) >= 11 is 0. The molecule has 0 aliphatic rings. The normalized spacial score (nSPS) is 10.4. The first-order valence-corrected chi connectivity index (χ1v) is 5.29. The molecule has 0 unspecified atom stereocenters. The molecular weight excluding hydrogens is 178 g/mol. The number of hydrogen-bond acceptors (Lipinski definition) is 2. The molecule has 0 atom stereocenters. The van der Waals surface area contributed by atoms with Crippen LogP contribution in [0, 0.1) is 0 Å². The maximum Gasteiger partial charge on any atom is 0.353 e. The molecule has 0 bridgehead atoms. The maximum atomic E-state index is 11.6. The number of hydrogen-bond donors (Lipinski definition) is 0. The van der Waals surface area contributed by atoms with Crippen LogP contribution < -0.4 is 5.32 Å². The number of hydrazine groups is 1. The second-order valence-electron chi connectivity index (χ2n) is 3.49. The van der Waals surface area contributed by atoms with Crippen molar-refractivity contribution < 1.29 is 4.79 Å². The van der Waals surface area contributed by atoms with Gasteiger partial charge in [0.15, 0.2) is 0 Å². The van der Waals surface area contributed by atoms with E-state index in [-0.39, 0.29) is 6.03 Å². The molecule has 0 spiro atoms. The van der Waals surface area contributed by atoms with Crippen molar-refractivity contribution >= 4 is 6.03 Å². The van der Waals surface area contributed by atoms with Gasteiger partial charge in [0.1, 0.15) is 0 Å². The number of nitrogens with zero attached hydrogens (tertiary/aromatic N) is 3. The van der Waals surface area contributed by atoms with Crippen LogP contribution in [0.3, 0.4) is 0 Å². The van der Waals surface area contributed by atoms with Gasteiger partial charge in [-0.05, 0) is 12.8 Å². The van der Waals surface area contributed by atoms with Crippen LogP contribution in [0.15, 0.2) is 0 Å². The molecule has 0 aliphatic carbocycles. The number of carbonyl (C=O) groups is 1. The van der Waals surface area contributed by atoms with Gasteiger partial charge in [-0.2, -0.15) is 0 Å². The molecule has 1 radical (unpaired) electrons. The number of amides is 2. The Morgan fingerprint density at radius 2 is 1.86 bits per heavy atom. The smallest absolute Gasteiger partial charge is 0.256 e. The number of unbranched alkanes of at least 4 members (excludes halogenated alkanes) is 1. The van der Waals surface area contributed by atoms with E-state index in [4.69, 9.17) is 0 Å². The van der Waals surface area contributed by atoms with Gasteiger partial charge in [-0.3, -0.25) is 5.01 Å². The van der Waals surface area contributed by atoms with E-state index in [0.717, 1.165) is 25.8 Å². The third-order valence-electron chi connectivity index (χ3n) is 1.90. The third-order valence-corrected chi connectivity index (χ3v) is 1.90. The largest absolute Gasteiger partial charge is 0.353 e. The van der Waals surface area contributed by atoms with Crippen LogP contribution in [-0.4, -0.2) is 43.2 Å². The fourth-order valence-electron chi connectivity index (χ4n) is 1.09. The SMILES string of the molecule is CCCC[N]C(=O)N(CCC)N(C)C. The van der Waals surface area contributed by atoms with E-state index in [1.165, 1.54) is 0 Å². The molecular formula is C10H22N3O. The standard InChI is InChI=1S/C10H22N3O/c1-5-7-8-11-10(14)13(9-6-2)12(3)4/h5-9H2,1-4H3. The van der Waals surface area contributed by atoms with Gasteiger partial charge < -0.3 is 0 Å². The Balaban J connectivity index is 3.89. The van der Waals surface area contributed by atoms with Gasteiger partial charge in [0.2, 0.25) is 0 Å². The van der Waals surface area contributed by atoms with Gasteiger partial charge >= 0.3 is 6.03 Å². The zero-order valence-corrected chi connectivity index (χ0v) is 9.79. The van der Waals surface area contributed by atoms with E-state index in [9.17, 15) is 4.79 Å². The van der Waals surface area contributed by atoms with E-state index in [1.54, 1.807) is 10.0 Å². The van der Waals surface area contributed by atoms with E-state index >= 15 is 0 Å². The minimum absolute atomic E-state index is 0.120. The highest BCUT2D eigenvalue weighted by Gasteiger charge is 2.14. The minimum Gasteiger partial charge on any atom is -0.256 e. The minimum atomic E-state index is -0.120. The lowest BCUT2D eigenvalue weighted by Gasteiger charge is -2.27. The predicted octanol–water partition coefficient (Wildman–Crippen LogP) is 1.70. The van der Waals surface area contributed by atoms with Gasteiger partial charge in [0.25, 0.3) is 0 Å². The van der Waals surface area contributed by atoms with E-state index < -0.39 is 0 Å². The van der Waals surface area contributed by atoms with Crippen molar-refractivity contribution in [2.45, 2.75) is 33.1 Å². The molecule has 4 heteroatoms. The highest BCUT2D eigenvalue weighted by molar-refractivity contribution is 5.73. The highest BCUT2D eigenvalue weighted by Crippen LogP contribution is 1.96. The highest BCUT2D eigenvalue weighted by atomic mass is 16.2. The Labute approximate surface area is 87.2 Å². The van der Waals surface area contributed by atoms with Gasteiger partial charge in [-0.25, -0.2) is 15.1 Å². The summed E-state index contributed by atoms with van der Waals surface area (Å²) in [6, 6.07) is -0.120. The molecule has 0 saturated heterocycles. The molecule has 2 amide bonds. The van der Waals surface area contributed by atoms with Crippen LogP contribution in [0.4, 0.5) is 4.79 Å². The predicted molar refractivity (Wildman–Crippen MR) is 58.0 cm³/mol. The Hall–Kier alpha value is -0.770. The number of rotatable bonds is 6. The van der Waals surface area contributed by atoms with Crippen LogP contribution in [0.5, 0.6) is 0 Å². The van der Waals surface area contributed by atoms with Crippen LogP contribution in [0.1, 0.15) is 33.1 Å². The molecule has 14 heavy (non-hydrogen) atoms. The van der Waals surface area contributed by atoms with Gasteiger partial charge in [0.05, 0.1) is 0 Å². The van der Waals surface area contributed by atoms with E-state index in [1.807, 2.05) is 14.1 Å². The first-order chi connectivity index (χ1) is 6.63. The number of urea groups is 1. The molecule has 0 N–H and O–H groups in total. The van der Waals surface area contributed by atoms with Crippen molar-refractivity contribution in [1.82, 2.24) is 15.3 Å². The topological polar surface area (TPSA) is 37.7 Å². The van der Waals surface area contributed by atoms with Gasteiger partial charge in [0, 0.05) is 27.2 Å². The Kier molecular flexibility index (Phi) is 7.20. The summed E-state index contributed by atoms with van der Waals surface area (Å²) in [5.74, 6) is 0. The Bertz CT molecular complexity index is 159. The fourth-order valence-corrected chi connectivity index (χ4v) is 1.09. The quantitative estimate of drug-likeness (QED) is 0.483. The van der Waals surface area contributed by atoms with Crippen molar-refractivity contribution in [3.8, 4) is 0 Å². The first kappa shape index (κ1) is 13.2. The van der Waals surface area contributed by atoms with Crippen molar-refractivity contribution in [3.63, 3.8) is 0 Å². The third kappa shape index (κ3) is 5.07. The molecule has 0 saturated carbocycles. The summed E-state index contributed by atoms with van der Waals surface area (Å²) in [4.78, 5) is 11.6. The van der Waals surface area contributed by atoms with Crippen molar-refractivity contribution in [2.24, 2.45) is 0 Å². The molecule has 0 heterocycles. The van der Waals surface area contributed by atoms with Gasteiger partial charge in [-0.15, -0.1) is 0 Å². The summed E-state index contributed by atoms with van der Waals surface area (Å²) in [6.07, 6.45) is 3.01. The molecule has 0 aliphatic heterocycles. The van der Waals surface area contributed by atoms with Crippen LogP contribution in [0.2, 0.25) is 0 Å². The zero-order valence-electron chi connectivity index (χ0n) is 9.79. The second-order valence-corrected chi connectivity index (χ2v) is 3.49. The van der Waals surface area contributed by atoms with Crippen LogP contribution in [0.25, 0.3) is 0 Å². The average molecular weight is 200 g/mol. The molecule has 0 fully saturated rings. The summed E-state index contributed by atoms with van der Waals surface area (Å²) in [5, 5.41) is 7.45. The fraction of sp³-hybridized carbons (Fsp3) is 0.900. The monoisotopic (exact) mass is 200 g/mol. The molecule has 0 aromatic carbocycles. The molecule has 0 aromatic heterocycles. The maximum absolute atomic E-state index is 11.6. The molecule has 0 aromatic rings. The first-order valence-electron chi connectivity index (χ1n) is 5.29. The van der Waals surface area contributed by atoms with Gasteiger partial charge in [-0.1, -0.05) is 20.3 Å². The van der Waals surface area contributed by atoms with E-state index in [0.29, 0.717) is 6.54 Å². The lowest BCUT2D eigenvalue weighted by molar-refractivity contribution is 0.0623. The Morgan fingerprint density at radius 1 is 1.21 bits per heavy atom. The summed E-state index contributed by atoms with van der Waals surface area (Å²) in [6.45, 7) is 5.52. The number of carbonyl (C=O) groups excluding carboxylic acids is 1. The van der Waals surface area contributed by atoms with Crippen molar-refractivity contribution in [1.29, 1.82) is 0 Å². The summed E-state index contributed by atoms with van der Waals surface area (Å²) < 4.78 is 0.